The molecule has 4 aliphatic rings. The van der Waals surface area contributed by atoms with Gasteiger partial charge in [0.1, 0.15) is 5.78 Å². The molecule has 24 heavy (non-hydrogen) atoms. The highest BCUT2D eigenvalue weighted by molar-refractivity contribution is 5.80. The van der Waals surface area contributed by atoms with Gasteiger partial charge in [0.15, 0.2) is 0 Å². The summed E-state index contributed by atoms with van der Waals surface area (Å²) in [6.45, 7) is 6.44. The van der Waals surface area contributed by atoms with Crippen LogP contribution in [0.1, 0.15) is 72.1 Å². The second-order valence-corrected chi connectivity index (χ2v) is 10.0. The minimum atomic E-state index is -0.435. The van der Waals surface area contributed by atoms with Crippen LogP contribution in [0.2, 0.25) is 0 Å². The zero-order chi connectivity index (χ0) is 17.3. The van der Waals surface area contributed by atoms with E-state index in [1.165, 1.54) is 19.3 Å². The molecule has 0 aromatic rings. The number of Topliss-reactive ketones (excluding diaryl/α,β-unsaturated/α-hetero) is 1. The zero-order valence-electron chi connectivity index (χ0n) is 15.5. The SMILES string of the molecule is CC(=O)[C@H]1[C@@H](O)C[C@H]2[C@@H]3CC[C@H]4C[C@@H](O)CC[C@]4(C)[C@@H]3CC[C@@]21C. The average Bonchev–Trinajstić information content (AvgIpc) is 2.78. The Morgan fingerprint density at radius 2 is 1.62 bits per heavy atom. The number of fused-ring (bicyclic) bond motifs is 5. The number of hydrogen-bond donors (Lipinski definition) is 2. The van der Waals surface area contributed by atoms with E-state index in [4.69, 9.17) is 0 Å². The molecule has 4 rings (SSSR count). The largest absolute Gasteiger partial charge is 0.393 e. The molecule has 0 aliphatic heterocycles. The van der Waals surface area contributed by atoms with Crippen molar-refractivity contribution in [2.45, 2.75) is 84.3 Å². The first-order chi connectivity index (χ1) is 11.3. The van der Waals surface area contributed by atoms with Gasteiger partial charge < -0.3 is 10.2 Å². The molecule has 9 atom stereocenters. The van der Waals surface area contributed by atoms with Gasteiger partial charge in [0.2, 0.25) is 0 Å². The molecule has 3 heteroatoms. The van der Waals surface area contributed by atoms with Crippen molar-refractivity contribution in [3.8, 4) is 0 Å². The summed E-state index contributed by atoms with van der Waals surface area (Å²) in [4.78, 5) is 12.2. The van der Waals surface area contributed by atoms with E-state index in [1.807, 2.05) is 0 Å². The summed E-state index contributed by atoms with van der Waals surface area (Å²) in [6.07, 6.45) is 8.14. The Hall–Kier alpha value is -0.410. The Bertz CT molecular complexity index is 531. The Kier molecular flexibility index (Phi) is 3.93. The molecule has 0 aromatic carbocycles. The molecule has 3 nitrogen and oxygen atoms in total. The Morgan fingerprint density at radius 1 is 0.917 bits per heavy atom. The molecule has 0 bridgehead atoms. The van der Waals surface area contributed by atoms with Gasteiger partial charge in [-0.25, -0.2) is 0 Å². The maximum atomic E-state index is 12.2. The lowest BCUT2D eigenvalue weighted by Crippen LogP contribution is -2.54. The summed E-state index contributed by atoms with van der Waals surface area (Å²) in [6, 6.07) is 0. The van der Waals surface area contributed by atoms with E-state index in [0.717, 1.165) is 38.0 Å². The molecule has 0 unspecified atom stereocenters. The summed E-state index contributed by atoms with van der Waals surface area (Å²) in [5.74, 6) is 2.60. The molecule has 0 amide bonds. The van der Waals surface area contributed by atoms with Gasteiger partial charge in [-0.05, 0) is 92.8 Å². The predicted octanol–water partition coefficient (Wildman–Crippen LogP) is 3.57. The van der Waals surface area contributed by atoms with E-state index < -0.39 is 6.10 Å². The van der Waals surface area contributed by atoms with E-state index in [0.29, 0.717) is 23.2 Å². The number of carbonyl (C=O) groups excluding carboxylic acids is 1. The van der Waals surface area contributed by atoms with Crippen molar-refractivity contribution in [3.05, 3.63) is 0 Å². The number of rotatable bonds is 1. The molecule has 0 aromatic heterocycles. The summed E-state index contributed by atoms with van der Waals surface area (Å²) in [7, 11) is 0. The van der Waals surface area contributed by atoms with Crippen molar-refractivity contribution >= 4 is 5.78 Å². The van der Waals surface area contributed by atoms with Crippen LogP contribution in [0.3, 0.4) is 0 Å². The monoisotopic (exact) mass is 334 g/mol. The van der Waals surface area contributed by atoms with Gasteiger partial charge in [0, 0.05) is 5.92 Å². The highest BCUT2D eigenvalue weighted by Crippen LogP contribution is 2.67. The fourth-order valence-corrected chi connectivity index (χ4v) is 7.98. The van der Waals surface area contributed by atoms with Gasteiger partial charge in [0.25, 0.3) is 0 Å². The van der Waals surface area contributed by atoms with E-state index in [-0.39, 0.29) is 23.2 Å². The number of aliphatic hydroxyl groups is 2. The maximum Gasteiger partial charge on any atom is 0.136 e. The molecule has 0 heterocycles. The first-order valence-electron chi connectivity index (χ1n) is 10.1. The average molecular weight is 335 g/mol. The van der Waals surface area contributed by atoms with Gasteiger partial charge in [-0.3, -0.25) is 4.79 Å². The standard InChI is InChI=1S/C21H34O3/c1-12(22)19-18(24)11-17-15-5-4-13-10-14(23)6-8-20(13,2)16(15)7-9-21(17,19)3/h13-19,23-24H,4-11H2,1-3H3/t13-,14-,15+,16+,17-,18-,19-,20-,21-/m0/s1. The fraction of sp³-hybridized carbons (Fsp3) is 0.952. The topological polar surface area (TPSA) is 57.5 Å². The second kappa shape index (κ2) is 5.54. The molecule has 136 valence electrons. The fourth-order valence-electron chi connectivity index (χ4n) is 7.98. The predicted molar refractivity (Wildman–Crippen MR) is 93.3 cm³/mol. The maximum absolute atomic E-state index is 12.2. The van der Waals surface area contributed by atoms with Crippen LogP contribution in [0.5, 0.6) is 0 Å². The molecule has 4 aliphatic carbocycles. The lowest BCUT2D eigenvalue weighted by atomic mass is 9.44. The number of aliphatic hydroxyl groups excluding tert-OH is 2. The second-order valence-electron chi connectivity index (χ2n) is 10.0. The van der Waals surface area contributed by atoms with Crippen molar-refractivity contribution < 1.29 is 15.0 Å². The van der Waals surface area contributed by atoms with Crippen LogP contribution in [0.4, 0.5) is 0 Å². The van der Waals surface area contributed by atoms with Crippen LogP contribution < -0.4 is 0 Å². The van der Waals surface area contributed by atoms with Crippen LogP contribution in [0.25, 0.3) is 0 Å². The van der Waals surface area contributed by atoms with Crippen molar-refractivity contribution in [3.63, 3.8) is 0 Å². The molecule has 4 fully saturated rings. The molecule has 4 saturated carbocycles. The number of hydrogen-bond acceptors (Lipinski definition) is 3. The third kappa shape index (κ3) is 2.19. The Labute approximate surface area is 146 Å². The lowest BCUT2D eigenvalue weighted by Gasteiger charge is -2.60. The van der Waals surface area contributed by atoms with Crippen LogP contribution in [-0.2, 0) is 4.79 Å². The quantitative estimate of drug-likeness (QED) is 0.771. The van der Waals surface area contributed by atoms with E-state index in [2.05, 4.69) is 13.8 Å². The molecular weight excluding hydrogens is 300 g/mol. The first-order valence-corrected chi connectivity index (χ1v) is 10.1. The van der Waals surface area contributed by atoms with Crippen molar-refractivity contribution in [2.24, 2.45) is 40.4 Å². The molecule has 0 spiro atoms. The minimum absolute atomic E-state index is 0.00376. The summed E-state index contributed by atoms with van der Waals surface area (Å²) < 4.78 is 0. The van der Waals surface area contributed by atoms with Gasteiger partial charge in [-0.2, -0.15) is 0 Å². The lowest BCUT2D eigenvalue weighted by molar-refractivity contribution is -0.140. The molecule has 2 N–H and O–H groups in total. The molecular formula is C21H34O3. The highest BCUT2D eigenvalue weighted by atomic mass is 16.3. The summed E-state index contributed by atoms with van der Waals surface area (Å²) in [5.41, 5.74) is 0.368. The van der Waals surface area contributed by atoms with Gasteiger partial charge in [-0.15, -0.1) is 0 Å². The van der Waals surface area contributed by atoms with Gasteiger partial charge in [-0.1, -0.05) is 13.8 Å². The minimum Gasteiger partial charge on any atom is -0.393 e. The van der Waals surface area contributed by atoms with Gasteiger partial charge >= 0.3 is 0 Å². The summed E-state index contributed by atoms with van der Waals surface area (Å²) in [5, 5.41) is 20.7. The van der Waals surface area contributed by atoms with E-state index in [9.17, 15) is 15.0 Å². The van der Waals surface area contributed by atoms with E-state index in [1.54, 1.807) is 6.92 Å². The Balaban J connectivity index is 1.64. The van der Waals surface area contributed by atoms with Crippen molar-refractivity contribution in [2.75, 3.05) is 0 Å². The third-order valence-corrected chi connectivity index (χ3v) is 9.10. The number of carbonyl (C=O) groups is 1. The molecule has 0 saturated heterocycles. The van der Waals surface area contributed by atoms with Crippen LogP contribution >= 0.6 is 0 Å². The van der Waals surface area contributed by atoms with Crippen LogP contribution in [0.15, 0.2) is 0 Å². The first kappa shape index (κ1) is 17.0. The Morgan fingerprint density at radius 3 is 2.33 bits per heavy atom. The van der Waals surface area contributed by atoms with Crippen molar-refractivity contribution in [1.29, 1.82) is 0 Å². The molecule has 0 radical (unpaired) electrons. The van der Waals surface area contributed by atoms with Gasteiger partial charge in [0.05, 0.1) is 12.2 Å². The van der Waals surface area contributed by atoms with Crippen LogP contribution in [0, 0.1) is 40.4 Å². The van der Waals surface area contributed by atoms with E-state index >= 15 is 0 Å². The zero-order valence-corrected chi connectivity index (χ0v) is 15.5. The highest BCUT2D eigenvalue weighted by Gasteiger charge is 2.62. The normalized spacial score (nSPS) is 57.0. The third-order valence-electron chi connectivity index (χ3n) is 9.10. The summed E-state index contributed by atoms with van der Waals surface area (Å²) >= 11 is 0. The van der Waals surface area contributed by atoms with Crippen LogP contribution in [-0.4, -0.2) is 28.2 Å². The van der Waals surface area contributed by atoms with Crippen molar-refractivity contribution in [1.82, 2.24) is 0 Å². The number of ketones is 1. The smallest absolute Gasteiger partial charge is 0.136 e.